The number of carbonyl (C=O) groups is 1. The van der Waals surface area contributed by atoms with E-state index in [-0.39, 0.29) is 5.97 Å². The van der Waals surface area contributed by atoms with Crippen molar-refractivity contribution in [2.75, 3.05) is 23.9 Å². The molecule has 27 heavy (non-hydrogen) atoms. The number of nitrogens with zero attached hydrogens (tertiary/aromatic N) is 3. The van der Waals surface area contributed by atoms with Crippen LogP contribution in [0.4, 0.5) is 17.5 Å². The zero-order valence-corrected chi connectivity index (χ0v) is 15.4. The van der Waals surface area contributed by atoms with Gasteiger partial charge in [0.25, 0.3) is 0 Å². The SMILES string of the molecule is CCOC(=O)c1ccc(Nc2nccc(N(C)Cc3ccccc3)n2)cc1. The molecule has 0 aliphatic rings. The molecule has 6 heteroatoms. The van der Waals surface area contributed by atoms with Gasteiger partial charge in [0, 0.05) is 25.5 Å². The van der Waals surface area contributed by atoms with Crippen LogP contribution in [-0.2, 0) is 11.3 Å². The minimum absolute atomic E-state index is 0.329. The first-order valence-corrected chi connectivity index (χ1v) is 8.78. The number of hydrogen-bond donors (Lipinski definition) is 1. The van der Waals surface area contributed by atoms with Crippen molar-refractivity contribution in [3.8, 4) is 0 Å². The summed E-state index contributed by atoms with van der Waals surface area (Å²) in [7, 11) is 1.99. The lowest BCUT2D eigenvalue weighted by Gasteiger charge is -2.18. The Kier molecular flexibility index (Phi) is 5.99. The van der Waals surface area contributed by atoms with Gasteiger partial charge in [0.1, 0.15) is 5.82 Å². The Morgan fingerprint density at radius 1 is 1.07 bits per heavy atom. The van der Waals surface area contributed by atoms with Gasteiger partial charge in [-0.15, -0.1) is 0 Å². The highest BCUT2D eigenvalue weighted by atomic mass is 16.5. The molecule has 0 saturated heterocycles. The van der Waals surface area contributed by atoms with Crippen molar-refractivity contribution in [2.45, 2.75) is 13.5 Å². The molecule has 3 aromatic rings. The third-order valence-electron chi connectivity index (χ3n) is 3.95. The second-order valence-corrected chi connectivity index (χ2v) is 6.00. The van der Waals surface area contributed by atoms with E-state index in [1.807, 2.05) is 31.3 Å². The number of benzene rings is 2. The van der Waals surface area contributed by atoms with Gasteiger partial charge in [-0.2, -0.15) is 4.98 Å². The number of aromatic nitrogens is 2. The topological polar surface area (TPSA) is 67.3 Å². The highest BCUT2D eigenvalue weighted by Crippen LogP contribution is 2.18. The van der Waals surface area contributed by atoms with E-state index in [0.29, 0.717) is 18.1 Å². The maximum atomic E-state index is 11.7. The minimum Gasteiger partial charge on any atom is -0.462 e. The third-order valence-corrected chi connectivity index (χ3v) is 3.95. The standard InChI is InChI=1S/C21H22N4O2/c1-3-27-20(26)17-9-11-18(12-10-17)23-21-22-14-13-19(24-21)25(2)15-16-7-5-4-6-8-16/h4-14H,3,15H2,1-2H3,(H,22,23,24). The molecule has 0 aliphatic heterocycles. The van der Waals surface area contributed by atoms with Crippen molar-refractivity contribution in [3.05, 3.63) is 78.0 Å². The van der Waals surface area contributed by atoms with Crippen LogP contribution >= 0.6 is 0 Å². The fourth-order valence-electron chi connectivity index (χ4n) is 2.59. The summed E-state index contributed by atoms with van der Waals surface area (Å²) in [5, 5.41) is 3.16. The van der Waals surface area contributed by atoms with Crippen LogP contribution in [0.5, 0.6) is 0 Å². The number of esters is 1. The summed E-state index contributed by atoms with van der Waals surface area (Å²) < 4.78 is 4.99. The molecular formula is C21H22N4O2. The van der Waals surface area contributed by atoms with Gasteiger partial charge in [-0.05, 0) is 42.8 Å². The van der Waals surface area contributed by atoms with Crippen LogP contribution in [-0.4, -0.2) is 29.6 Å². The van der Waals surface area contributed by atoms with Crippen LogP contribution < -0.4 is 10.2 Å². The second kappa shape index (κ2) is 8.80. The first-order valence-electron chi connectivity index (χ1n) is 8.78. The van der Waals surface area contributed by atoms with E-state index in [9.17, 15) is 4.79 Å². The summed E-state index contributed by atoms with van der Waals surface area (Å²) >= 11 is 0. The molecule has 0 spiro atoms. The molecule has 0 fully saturated rings. The Bertz CT molecular complexity index is 882. The first-order chi connectivity index (χ1) is 13.2. The summed E-state index contributed by atoms with van der Waals surface area (Å²) in [6, 6.07) is 19.1. The zero-order valence-electron chi connectivity index (χ0n) is 15.4. The van der Waals surface area contributed by atoms with Gasteiger partial charge >= 0.3 is 5.97 Å². The van der Waals surface area contributed by atoms with Gasteiger partial charge < -0.3 is 15.0 Å². The summed E-state index contributed by atoms with van der Waals surface area (Å²) in [4.78, 5) is 22.6. The van der Waals surface area contributed by atoms with Crippen molar-refractivity contribution in [1.82, 2.24) is 9.97 Å². The molecule has 1 N–H and O–H groups in total. The summed E-state index contributed by atoms with van der Waals surface area (Å²) in [6.07, 6.45) is 1.72. The fraction of sp³-hybridized carbons (Fsp3) is 0.190. The smallest absolute Gasteiger partial charge is 0.338 e. The molecule has 1 heterocycles. The maximum Gasteiger partial charge on any atom is 0.338 e. The highest BCUT2D eigenvalue weighted by Gasteiger charge is 2.08. The Morgan fingerprint density at radius 2 is 1.81 bits per heavy atom. The molecule has 0 saturated carbocycles. The maximum absolute atomic E-state index is 11.7. The molecule has 6 nitrogen and oxygen atoms in total. The molecule has 0 bridgehead atoms. The van der Waals surface area contributed by atoms with Gasteiger partial charge in [0.05, 0.1) is 12.2 Å². The molecule has 1 aromatic heterocycles. The van der Waals surface area contributed by atoms with Crippen molar-refractivity contribution in [3.63, 3.8) is 0 Å². The van der Waals surface area contributed by atoms with E-state index < -0.39 is 0 Å². The first kappa shape index (κ1) is 18.4. The third kappa shape index (κ3) is 5.04. The Morgan fingerprint density at radius 3 is 2.52 bits per heavy atom. The van der Waals surface area contributed by atoms with Gasteiger partial charge in [-0.1, -0.05) is 30.3 Å². The highest BCUT2D eigenvalue weighted by molar-refractivity contribution is 5.89. The Hall–Kier alpha value is -3.41. The Balaban J connectivity index is 1.67. The van der Waals surface area contributed by atoms with Crippen LogP contribution in [0.2, 0.25) is 0 Å². The van der Waals surface area contributed by atoms with Crippen LogP contribution in [0.15, 0.2) is 66.9 Å². The number of rotatable bonds is 7. The van der Waals surface area contributed by atoms with Gasteiger partial charge in [-0.3, -0.25) is 0 Å². The Labute approximate surface area is 158 Å². The number of hydrogen-bond acceptors (Lipinski definition) is 6. The normalized spacial score (nSPS) is 10.3. The van der Waals surface area contributed by atoms with E-state index in [2.05, 4.69) is 32.3 Å². The van der Waals surface area contributed by atoms with Crippen LogP contribution in [0, 0.1) is 0 Å². The van der Waals surface area contributed by atoms with Crippen molar-refractivity contribution < 1.29 is 9.53 Å². The second-order valence-electron chi connectivity index (χ2n) is 6.00. The zero-order chi connectivity index (χ0) is 19.1. The minimum atomic E-state index is -0.329. The van der Waals surface area contributed by atoms with Crippen molar-refractivity contribution >= 4 is 23.4 Å². The lowest BCUT2D eigenvalue weighted by atomic mass is 10.2. The molecule has 0 aliphatic carbocycles. The molecular weight excluding hydrogens is 340 g/mol. The van der Waals surface area contributed by atoms with Gasteiger partial charge in [0.15, 0.2) is 0 Å². The predicted octanol–water partition coefficient (Wildman–Crippen LogP) is 4.03. The summed E-state index contributed by atoms with van der Waals surface area (Å²) in [6.45, 7) is 2.90. The van der Waals surface area contributed by atoms with Crippen LogP contribution in [0.1, 0.15) is 22.8 Å². The molecule has 0 radical (unpaired) electrons. The van der Waals surface area contributed by atoms with Gasteiger partial charge in [-0.25, -0.2) is 9.78 Å². The molecule has 2 aromatic carbocycles. The van der Waals surface area contributed by atoms with E-state index >= 15 is 0 Å². The number of carbonyl (C=O) groups excluding carboxylic acids is 1. The number of anilines is 3. The van der Waals surface area contributed by atoms with E-state index in [4.69, 9.17) is 4.74 Å². The quantitative estimate of drug-likeness (QED) is 0.640. The largest absolute Gasteiger partial charge is 0.462 e. The number of ether oxygens (including phenoxy) is 1. The van der Waals surface area contributed by atoms with Crippen molar-refractivity contribution in [2.24, 2.45) is 0 Å². The fourth-order valence-corrected chi connectivity index (χ4v) is 2.59. The van der Waals surface area contributed by atoms with E-state index in [1.54, 1.807) is 37.4 Å². The average Bonchev–Trinajstić information content (AvgIpc) is 2.70. The molecule has 0 amide bonds. The van der Waals surface area contributed by atoms with E-state index in [1.165, 1.54) is 5.56 Å². The summed E-state index contributed by atoms with van der Waals surface area (Å²) in [5.74, 6) is 0.987. The molecule has 0 atom stereocenters. The molecule has 138 valence electrons. The molecule has 0 unspecified atom stereocenters. The lowest BCUT2D eigenvalue weighted by molar-refractivity contribution is 0.0526. The van der Waals surface area contributed by atoms with Crippen LogP contribution in [0.25, 0.3) is 0 Å². The molecule has 3 rings (SSSR count). The van der Waals surface area contributed by atoms with Gasteiger partial charge in [0.2, 0.25) is 5.95 Å². The van der Waals surface area contributed by atoms with Crippen LogP contribution in [0.3, 0.4) is 0 Å². The average molecular weight is 362 g/mol. The lowest BCUT2D eigenvalue weighted by Crippen LogP contribution is -2.18. The monoisotopic (exact) mass is 362 g/mol. The number of nitrogens with one attached hydrogen (secondary N) is 1. The van der Waals surface area contributed by atoms with Crippen molar-refractivity contribution in [1.29, 1.82) is 0 Å². The van der Waals surface area contributed by atoms with E-state index in [0.717, 1.165) is 18.1 Å². The summed E-state index contributed by atoms with van der Waals surface area (Å²) in [5.41, 5.74) is 2.52. The predicted molar refractivity (Wildman–Crippen MR) is 106 cm³/mol.